The lowest BCUT2D eigenvalue weighted by molar-refractivity contribution is -0.124. The summed E-state index contributed by atoms with van der Waals surface area (Å²) in [7, 11) is 0. The lowest BCUT2D eigenvalue weighted by Crippen LogP contribution is -2.43. The van der Waals surface area contributed by atoms with E-state index in [0.29, 0.717) is 46.7 Å². The smallest absolute Gasteiger partial charge is 0.231 e. The van der Waals surface area contributed by atoms with Gasteiger partial charge in [-0.1, -0.05) is 32.5 Å². The molecule has 1 aromatic carbocycles. The topological polar surface area (TPSA) is 118 Å². The Morgan fingerprint density at radius 3 is 2.79 bits per heavy atom. The van der Waals surface area contributed by atoms with E-state index in [1.165, 1.54) is 11.8 Å². The summed E-state index contributed by atoms with van der Waals surface area (Å²) in [5.74, 6) is 4.26. The average molecular weight is 622 g/mol. The summed E-state index contributed by atoms with van der Waals surface area (Å²) in [5, 5.41) is 12.4. The minimum atomic E-state index is -0.0536. The van der Waals surface area contributed by atoms with Crippen LogP contribution in [0.2, 0.25) is 0 Å². The fourth-order valence-corrected chi connectivity index (χ4v) is 7.34. The van der Waals surface area contributed by atoms with Crippen LogP contribution in [0.15, 0.2) is 33.0 Å². The van der Waals surface area contributed by atoms with Gasteiger partial charge < -0.3 is 24.3 Å². The van der Waals surface area contributed by atoms with E-state index in [4.69, 9.17) is 19.9 Å². The fourth-order valence-electron chi connectivity index (χ4n) is 4.82. The highest BCUT2D eigenvalue weighted by molar-refractivity contribution is 9.10. The molecule has 1 unspecified atom stereocenters. The van der Waals surface area contributed by atoms with E-state index in [0.717, 1.165) is 40.1 Å². The molecule has 5 rings (SSSR count). The number of nitrogens with one attached hydrogen (secondary N) is 3. The van der Waals surface area contributed by atoms with Crippen molar-refractivity contribution in [3.05, 3.63) is 28.4 Å². The predicted molar refractivity (Wildman–Crippen MR) is 153 cm³/mol. The van der Waals surface area contributed by atoms with Gasteiger partial charge in [0.2, 0.25) is 12.7 Å². The Balaban J connectivity index is 1.35. The normalized spacial score (nSPS) is 16.6. The monoisotopic (exact) mass is 620 g/mol. The van der Waals surface area contributed by atoms with Gasteiger partial charge in [0.05, 0.1) is 6.33 Å². The maximum Gasteiger partial charge on any atom is 0.231 e. The average Bonchev–Trinajstić information content (AvgIpc) is 3.50. The van der Waals surface area contributed by atoms with E-state index in [1.807, 2.05) is 28.5 Å². The first-order chi connectivity index (χ1) is 18.2. The van der Waals surface area contributed by atoms with Gasteiger partial charge in [-0.2, -0.15) is 11.8 Å². The molecule has 0 spiro atoms. The number of nitrogens with zero attached hydrogens (tertiary/aromatic N) is 3. The van der Waals surface area contributed by atoms with Crippen LogP contribution in [-0.2, 0) is 11.3 Å². The van der Waals surface area contributed by atoms with Crippen LogP contribution in [0.5, 0.6) is 11.5 Å². The van der Waals surface area contributed by atoms with Crippen molar-refractivity contribution in [2.75, 3.05) is 18.3 Å². The molecule has 0 aliphatic carbocycles. The minimum absolute atomic E-state index is 0.0536. The van der Waals surface area contributed by atoms with Crippen LogP contribution >= 0.6 is 39.5 Å². The maximum absolute atomic E-state index is 12.9. The number of hydrogen-bond acceptors (Lipinski definition) is 8. The molecule has 4 heterocycles. The number of thioether (sulfide) groups is 1. The molecule has 2 aromatic heterocycles. The summed E-state index contributed by atoms with van der Waals surface area (Å²) >= 11 is 7.05. The van der Waals surface area contributed by atoms with Gasteiger partial charge in [-0.3, -0.25) is 10.2 Å². The Kier molecular flexibility index (Phi) is 8.30. The molecule has 38 heavy (non-hydrogen) atoms. The van der Waals surface area contributed by atoms with Crippen LogP contribution in [-0.4, -0.2) is 49.8 Å². The van der Waals surface area contributed by atoms with Gasteiger partial charge in [-0.25, -0.2) is 9.97 Å². The summed E-state index contributed by atoms with van der Waals surface area (Å²) in [6.45, 7) is 7.14. The van der Waals surface area contributed by atoms with Gasteiger partial charge in [0.1, 0.15) is 5.52 Å². The van der Waals surface area contributed by atoms with Gasteiger partial charge >= 0.3 is 0 Å². The summed E-state index contributed by atoms with van der Waals surface area (Å²) < 4.78 is 13.8. The molecule has 204 valence electrons. The molecule has 1 saturated heterocycles. The third kappa shape index (κ3) is 6.51. The first kappa shape index (κ1) is 27.4. The zero-order valence-corrected chi connectivity index (χ0v) is 25.0. The van der Waals surface area contributed by atoms with Crippen molar-refractivity contribution in [1.29, 1.82) is 5.41 Å². The third-order valence-electron chi connectivity index (χ3n) is 6.69. The lowest BCUT2D eigenvalue weighted by Gasteiger charge is -2.32. The summed E-state index contributed by atoms with van der Waals surface area (Å²) in [6, 6.07) is 3.91. The molecular weight excluding hydrogens is 588 g/mol. The number of hydrogen-bond donors (Lipinski definition) is 3. The van der Waals surface area contributed by atoms with Gasteiger partial charge in [-0.15, -0.1) is 0 Å². The van der Waals surface area contributed by atoms with Crippen LogP contribution in [0.1, 0.15) is 46.5 Å². The lowest BCUT2D eigenvalue weighted by atomic mass is 9.89. The van der Waals surface area contributed by atoms with Crippen LogP contribution in [0.3, 0.4) is 0 Å². The van der Waals surface area contributed by atoms with Crippen LogP contribution in [0.25, 0.3) is 11.2 Å². The van der Waals surface area contributed by atoms with Crippen molar-refractivity contribution in [2.45, 2.75) is 69.1 Å². The van der Waals surface area contributed by atoms with E-state index in [-0.39, 0.29) is 29.6 Å². The van der Waals surface area contributed by atoms with Crippen molar-refractivity contribution in [2.24, 2.45) is 11.3 Å². The van der Waals surface area contributed by atoms with Crippen molar-refractivity contribution >= 4 is 56.5 Å². The van der Waals surface area contributed by atoms with E-state index in [2.05, 4.69) is 52.0 Å². The number of ether oxygens (including phenoxy) is 2. The summed E-state index contributed by atoms with van der Waals surface area (Å²) in [6.07, 6.45) is 5.20. The fraction of sp³-hybridized carbons (Fsp3) is 0.538. The highest BCUT2D eigenvalue weighted by atomic mass is 79.9. The number of amides is 1. The highest BCUT2D eigenvalue weighted by Crippen LogP contribution is 2.42. The Morgan fingerprint density at radius 1 is 1.32 bits per heavy atom. The third-order valence-corrected chi connectivity index (χ3v) is 9.60. The molecule has 12 heteroatoms. The number of carbonyl (C=O) groups excluding carboxylic acids is 1. The number of rotatable bonds is 8. The van der Waals surface area contributed by atoms with E-state index in [1.54, 1.807) is 6.33 Å². The van der Waals surface area contributed by atoms with E-state index >= 15 is 0 Å². The SMILES string of the molecule is CC(C)(C)CC(=O)NC(CCn1cnc(=N)c2[nH]c(Sc3cc4c(cc3Br)OCO4)nc21)C1CCSCC1. The number of H-pyrrole nitrogens is 1. The first-order valence-electron chi connectivity index (χ1n) is 12.8. The number of aryl methyl sites for hydroxylation is 1. The Morgan fingerprint density at radius 2 is 2.05 bits per heavy atom. The highest BCUT2D eigenvalue weighted by Gasteiger charge is 2.27. The summed E-state index contributed by atoms with van der Waals surface area (Å²) in [4.78, 5) is 26.2. The molecule has 0 radical (unpaired) electrons. The number of fused-ring (bicyclic) bond motifs is 2. The Labute approximate surface area is 238 Å². The molecule has 1 amide bonds. The van der Waals surface area contributed by atoms with E-state index in [9.17, 15) is 4.79 Å². The van der Waals surface area contributed by atoms with Crippen molar-refractivity contribution in [1.82, 2.24) is 24.8 Å². The quantitative estimate of drug-likeness (QED) is 0.311. The molecule has 9 nitrogen and oxygen atoms in total. The zero-order valence-electron chi connectivity index (χ0n) is 21.8. The molecule has 1 atom stereocenters. The van der Waals surface area contributed by atoms with Crippen molar-refractivity contribution < 1.29 is 14.3 Å². The first-order valence-corrected chi connectivity index (χ1v) is 15.6. The van der Waals surface area contributed by atoms with Crippen molar-refractivity contribution in [3.63, 3.8) is 0 Å². The molecular formula is C26H33BrN6O3S2. The number of halogens is 1. The second-order valence-electron chi connectivity index (χ2n) is 10.9. The Bertz CT molecular complexity index is 1380. The largest absolute Gasteiger partial charge is 0.454 e. The standard InChI is InChI=1S/C26H33BrN6O3S2/c1-26(2,3)12-21(34)30-17(15-5-8-37-9-6-15)4-7-33-13-29-23(28)22-24(33)32-25(31-22)38-20-11-19-18(10-16(20)27)35-14-36-19/h10-11,13,15,17,28H,4-9,12,14H2,1-3H3,(H,30,34)(H,31,32). The molecule has 2 aliphatic heterocycles. The number of aromatic nitrogens is 4. The molecule has 3 N–H and O–H groups in total. The maximum atomic E-state index is 12.9. The van der Waals surface area contributed by atoms with Crippen LogP contribution < -0.4 is 20.3 Å². The predicted octanol–water partition coefficient (Wildman–Crippen LogP) is 5.34. The number of aromatic amines is 1. The number of benzene rings is 1. The second kappa shape index (κ2) is 11.5. The molecule has 1 fully saturated rings. The van der Waals surface area contributed by atoms with Gasteiger partial charge in [0.15, 0.2) is 27.8 Å². The summed E-state index contributed by atoms with van der Waals surface area (Å²) in [5.41, 5.74) is 1.37. The van der Waals surface area contributed by atoms with Crippen LogP contribution in [0, 0.1) is 16.7 Å². The van der Waals surface area contributed by atoms with Crippen molar-refractivity contribution in [3.8, 4) is 11.5 Å². The molecule has 0 saturated carbocycles. The molecule has 3 aromatic rings. The van der Waals surface area contributed by atoms with Gasteiger partial charge in [0.25, 0.3) is 0 Å². The number of imidazole rings is 1. The minimum Gasteiger partial charge on any atom is -0.454 e. The zero-order chi connectivity index (χ0) is 26.9. The molecule has 0 bridgehead atoms. The molecule has 2 aliphatic rings. The Hall–Kier alpha value is -2.18. The van der Waals surface area contributed by atoms with Crippen LogP contribution in [0.4, 0.5) is 0 Å². The van der Waals surface area contributed by atoms with E-state index < -0.39 is 0 Å². The van der Waals surface area contributed by atoms with Gasteiger partial charge in [-0.05, 0) is 70.2 Å². The van der Waals surface area contributed by atoms with Gasteiger partial charge in [0, 0.05) is 28.4 Å². The number of carbonyl (C=O) groups is 1. The second-order valence-corrected chi connectivity index (χ2v) is 14.0.